The Morgan fingerprint density at radius 3 is 2.77 bits per heavy atom. The predicted molar refractivity (Wildman–Crippen MR) is 126 cm³/mol. The lowest BCUT2D eigenvalue weighted by atomic mass is 10.0. The van der Waals surface area contributed by atoms with Crippen LogP contribution in [0.15, 0.2) is 23.7 Å². The first kappa shape index (κ1) is 23.6. The average Bonchev–Trinajstić information content (AvgIpc) is 3.28. The number of carbonyl (C=O) groups is 1. The van der Waals surface area contributed by atoms with E-state index in [-0.39, 0.29) is 18.4 Å². The largest absolute Gasteiger partial charge is 0.394 e. The summed E-state index contributed by atoms with van der Waals surface area (Å²) < 4.78 is 0. The van der Waals surface area contributed by atoms with Crippen molar-refractivity contribution in [2.45, 2.75) is 57.4 Å². The summed E-state index contributed by atoms with van der Waals surface area (Å²) in [4.78, 5) is 17.6. The smallest absolute Gasteiger partial charge is 0.225 e. The number of nitrogens with two attached hydrogens (primary N) is 1. The summed E-state index contributed by atoms with van der Waals surface area (Å²) in [7, 11) is 0. The molecule has 31 heavy (non-hydrogen) atoms. The Kier molecular flexibility index (Phi) is 7.99. The van der Waals surface area contributed by atoms with Crippen LogP contribution in [-0.4, -0.2) is 51.9 Å². The minimum absolute atomic E-state index is 0.134. The highest BCUT2D eigenvalue weighted by Crippen LogP contribution is 2.33. The van der Waals surface area contributed by atoms with Gasteiger partial charge in [-0.1, -0.05) is 18.5 Å². The van der Waals surface area contributed by atoms with Crippen LogP contribution in [0.1, 0.15) is 31.6 Å². The van der Waals surface area contributed by atoms with Crippen molar-refractivity contribution in [1.29, 1.82) is 0 Å². The highest BCUT2D eigenvalue weighted by Gasteiger charge is 2.45. The molecule has 170 valence electrons. The minimum atomic E-state index is -1.15. The quantitative estimate of drug-likeness (QED) is 0.333. The fraction of sp³-hybridized carbons (Fsp3) is 0.524. The zero-order valence-electron chi connectivity index (χ0n) is 17.6. The zero-order valence-corrected chi connectivity index (χ0v) is 19.2. The number of nitrogen functional groups attached to an aromatic ring is 1. The number of anilines is 3. The number of aliphatic hydroxyl groups excluding tert-OH is 2. The van der Waals surface area contributed by atoms with Gasteiger partial charge in [-0.05, 0) is 37.3 Å². The number of hydrogen-bond donors (Lipinski definition) is 6. The number of amides is 1. The van der Waals surface area contributed by atoms with Gasteiger partial charge in [0.15, 0.2) is 5.82 Å². The van der Waals surface area contributed by atoms with Crippen molar-refractivity contribution in [2.75, 3.05) is 22.9 Å². The van der Waals surface area contributed by atoms with Crippen molar-refractivity contribution in [2.24, 2.45) is 5.92 Å². The maximum Gasteiger partial charge on any atom is 0.225 e. The Hall–Kier alpha value is -2.07. The highest BCUT2D eigenvalue weighted by atomic mass is 35.5. The SMILES string of the molecule is CCNC(=O)C1CC(Nc2nccc(NC(CC)Cc3sccc3Cl)c2N)C(O)C1O. The van der Waals surface area contributed by atoms with Gasteiger partial charge >= 0.3 is 0 Å². The van der Waals surface area contributed by atoms with Crippen LogP contribution < -0.4 is 21.7 Å². The zero-order chi connectivity index (χ0) is 22.5. The maximum absolute atomic E-state index is 12.2. The molecule has 3 rings (SSSR count). The second kappa shape index (κ2) is 10.5. The topological polar surface area (TPSA) is 133 Å². The predicted octanol–water partition coefficient (Wildman–Crippen LogP) is 2.47. The first-order valence-corrected chi connectivity index (χ1v) is 11.7. The molecule has 1 fully saturated rings. The van der Waals surface area contributed by atoms with Crippen molar-refractivity contribution in [3.63, 3.8) is 0 Å². The third kappa shape index (κ3) is 5.41. The Morgan fingerprint density at radius 2 is 2.13 bits per heavy atom. The second-order valence-electron chi connectivity index (χ2n) is 7.73. The molecule has 2 aromatic rings. The first-order chi connectivity index (χ1) is 14.8. The van der Waals surface area contributed by atoms with Crippen molar-refractivity contribution in [3.05, 3.63) is 33.6 Å². The van der Waals surface area contributed by atoms with Crippen LogP contribution >= 0.6 is 22.9 Å². The molecule has 0 aliphatic heterocycles. The number of halogens is 1. The van der Waals surface area contributed by atoms with Gasteiger partial charge < -0.3 is 31.9 Å². The monoisotopic (exact) mass is 467 g/mol. The van der Waals surface area contributed by atoms with Crippen LogP contribution in [-0.2, 0) is 11.2 Å². The molecule has 1 aliphatic carbocycles. The molecular formula is C21H30ClN5O3S. The van der Waals surface area contributed by atoms with E-state index in [4.69, 9.17) is 17.3 Å². The molecule has 0 bridgehead atoms. The van der Waals surface area contributed by atoms with Gasteiger partial charge in [-0.3, -0.25) is 4.79 Å². The third-order valence-corrected chi connectivity index (χ3v) is 7.07. The summed E-state index contributed by atoms with van der Waals surface area (Å²) in [6, 6.07) is 3.29. The molecule has 5 unspecified atom stereocenters. The Bertz CT molecular complexity index is 896. The molecule has 1 saturated carbocycles. The van der Waals surface area contributed by atoms with E-state index in [9.17, 15) is 15.0 Å². The summed E-state index contributed by atoms with van der Waals surface area (Å²) in [5.41, 5.74) is 7.50. The molecule has 0 saturated heterocycles. The van der Waals surface area contributed by atoms with Crippen molar-refractivity contribution in [1.82, 2.24) is 10.3 Å². The fourth-order valence-corrected chi connectivity index (χ4v) is 5.04. The van der Waals surface area contributed by atoms with Gasteiger partial charge in [-0.2, -0.15) is 0 Å². The Morgan fingerprint density at radius 1 is 1.35 bits per heavy atom. The molecule has 2 aromatic heterocycles. The van der Waals surface area contributed by atoms with Gasteiger partial charge in [-0.15, -0.1) is 11.3 Å². The number of aromatic nitrogens is 1. The first-order valence-electron chi connectivity index (χ1n) is 10.5. The van der Waals surface area contributed by atoms with E-state index in [1.165, 1.54) is 0 Å². The molecule has 0 aromatic carbocycles. The highest BCUT2D eigenvalue weighted by molar-refractivity contribution is 7.10. The van der Waals surface area contributed by atoms with Crippen LogP contribution in [0.25, 0.3) is 0 Å². The van der Waals surface area contributed by atoms with E-state index < -0.39 is 24.2 Å². The summed E-state index contributed by atoms with van der Waals surface area (Å²) in [5.74, 6) is -0.551. The number of nitrogens with one attached hydrogen (secondary N) is 3. The van der Waals surface area contributed by atoms with Gasteiger partial charge in [0.2, 0.25) is 5.91 Å². The number of nitrogens with zero attached hydrogens (tertiary/aromatic N) is 1. The van der Waals surface area contributed by atoms with Gasteiger partial charge in [0, 0.05) is 30.1 Å². The normalized spacial score (nSPS) is 24.0. The van der Waals surface area contributed by atoms with Crippen LogP contribution in [0.3, 0.4) is 0 Å². The lowest BCUT2D eigenvalue weighted by molar-refractivity contribution is -0.128. The van der Waals surface area contributed by atoms with E-state index in [1.54, 1.807) is 23.6 Å². The summed E-state index contributed by atoms with van der Waals surface area (Å²) in [6.07, 6.45) is 1.31. The summed E-state index contributed by atoms with van der Waals surface area (Å²) >= 11 is 7.87. The van der Waals surface area contributed by atoms with E-state index in [0.29, 0.717) is 18.1 Å². The number of rotatable bonds is 9. The lowest BCUT2D eigenvalue weighted by Gasteiger charge is -2.23. The third-order valence-electron chi connectivity index (χ3n) is 5.66. The number of hydrogen-bond acceptors (Lipinski definition) is 8. The minimum Gasteiger partial charge on any atom is -0.394 e. The van der Waals surface area contributed by atoms with Crippen LogP contribution in [0.2, 0.25) is 5.02 Å². The Labute approximate surface area is 191 Å². The van der Waals surface area contributed by atoms with Crippen LogP contribution in [0.5, 0.6) is 0 Å². The molecule has 7 N–H and O–H groups in total. The molecule has 0 radical (unpaired) electrons. The fourth-order valence-electron chi connectivity index (χ4n) is 3.84. The number of pyridine rings is 1. The molecule has 0 spiro atoms. The second-order valence-corrected chi connectivity index (χ2v) is 9.14. The summed E-state index contributed by atoms with van der Waals surface area (Å²) in [5, 5.41) is 32.7. The molecule has 2 heterocycles. The van der Waals surface area contributed by atoms with E-state index in [1.807, 2.05) is 18.4 Å². The molecule has 1 amide bonds. The van der Waals surface area contributed by atoms with Crippen molar-refractivity contribution >= 4 is 46.0 Å². The molecule has 5 atom stereocenters. The van der Waals surface area contributed by atoms with Crippen molar-refractivity contribution in [3.8, 4) is 0 Å². The molecular weight excluding hydrogens is 438 g/mol. The van der Waals surface area contributed by atoms with Gasteiger partial charge in [0.05, 0.1) is 34.5 Å². The number of carbonyl (C=O) groups excluding carboxylic acids is 1. The standard InChI is InChI=1S/C21H30ClN5O3S/c1-3-11(9-16-13(22)6-8-31-16)26-14-5-7-25-20(17(14)23)27-15-10-12(18(28)19(15)29)21(30)24-4-2/h5-8,11-12,15,18-19,28-29H,3-4,9-10,23H2,1-2H3,(H,24,30)(H2,25,26,27). The Balaban J connectivity index is 1.70. The van der Waals surface area contributed by atoms with Crippen LogP contribution in [0.4, 0.5) is 17.2 Å². The molecule has 8 nitrogen and oxygen atoms in total. The number of thiophene rings is 1. The summed E-state index contributed by atoms with van der Waals surface area (Å²) in [6.45, 7) is 4.37. The van der Waals surface area contributed by atoms with E-state index in [2.05, 4.69) is 27.9 Å². The van der Waals surface area contributed by atoms with Gasteiger partial charge in [0.25, 0.3) is 0 Å². The van der Waals surface area contributed by atoms with Crippen molar-refractivity contribution < 1.29 is 15.0 Å². The lowest BCUT2D eigenvalue weighted by Crippen LogP contribution is -2.39. The number of aliphatic hydroxyl groups is 2. The van der Waals surface area contributed by atoms with Gasteiger partial charge in [0.1, 0.15) is 6.10 Å². The van der Waals surface area contributed by atoms with Gasteiger partial charge in [-0.25, -0.2) is 4.98 Å². The van der Waals surface area contributed by atoms with E-state index in [0.717, 1.165) is 28.4 Å². The molecule has 1 aliphatic rings. The van der Waals surface area contributed by atoms with E-state index >= 15 is 0 Å². The molecule has 10 heteroatoms. The average molecular weight is 468 g/mol. The maximum atomic E-state index is 12.2. The van der Waals surface area contributed by atoms with Crippen LogP contribution in [0, 0.1) is 5.92 Å².